The summed E-state index contributed by atoms with van der Waals surface area (Å²) in [5.74, 6) is 2.82. The summed E-state index contributed by atoms with van der Waals surface area (Å²) < 4.78 is 0. The summed E-state index contributed by atoms with van der Waals surface area (Å²) >= 11 is 0. The third-order valence-corrected chi connectivity index (χ3v) is 6.88. The van der Waals surface area contributed by atoms with Crippen LogP contribution in [0, 0.1) is 24.2 Å². The van der Waals surface area contributed by atoms with Gasteiger partial charge in [0.25, 0.3) is 0 Å². The van der Waals surface area contributed by atoms with Gasteiger partial charge in [-0.05, 0) is 79.5 Å². The van der Waals surface area contributed by atoms with Gasteiger partial charge in [0.15, 0.2) is 0 Å². The van der Waals surface area contributed by atoms with Crippen LogP contribution < -0.4 is 0 Å². The molecular weight excluding hydrogens is 260 g/mol. The van der Waals surface area contributed by atoms with E-state index in [2.05, 4.69) is 13.0 Å². The third kappa shape index (κ3) is 1.68. The van der Waals surface area contributed by atoms with Crippen LogP contribution >= 0.6 is 0 Å². The fourth-order valence-corrected chi connectivity index (χ4v) is 5.60. The fraction of sp³-hybridized carbons (Fsp3) is 0.632. The summed E-state index contributed by atoms with van der Waals surface area (Å²) in [6, 6.07) is 4.01. The van der Waals surface area contributed by atoms with E-state index in [1.54, 1.807) is 0 Å². The van der Waals surface area contributed by atoms with E-state index in [1.807, 2.05) is 13.0 Å². The zero-order valence-electron chi connectivity index (χ0n) is 13.0. The number of carbonyl (C=O) groups is 1. The van der Waals surface area contributed by atoms with Crippen molar-refractivity contribution in [2.75, 3.05) is 0 Å². The Morgan fingerprint density at radius 3 is 2.81 bits per heavy atom. The topological polar surface area (TPSA) is 37.3 Å². The van der Waals surface area contributed by atoms with Gasteiger partial charge < -0.3 is 5.11 Å². The average molecular weight is 284 g/mol. The number of Topliss-reactive ketones (excluding diaryl/α,β-unsaturated/α-hetero) is 1. The first-order chi connectivity index (χ1) is 10.0. The normalized spacial score (nSPS) is 37.8. The summed E-state index contributed by atoms with van der Waals surface area (Å²) in [7, 11) is 0. The molecule has 2 nitrogen and oxygen atoms in total. The third-order valence-electron chi connectivity index (χ3n) is 6.88. The molecule has 2 heteroatoms. The van der Waals surface area contributed by atoms with Gasteiger partial charge in [-0.15, -0.1) is 0 Å². The smallest absolute Gasteiger partial charge is 0.139 e. The Morgan fingerprint density at radius 1 is 1.19 bits per heavy atom. The summed E-state index contributed by atoms with van der Waals surface area (Å²) in [5, 5.41) is 9.95. The van der Waals surface area contributed by atoms with Crippen molar-refractivity contribution in [2.24, 2.45) is 17.3 Å². The van der Waals surface area contributed by atoms with Crippen LogP contribution in [0.25, 0.3) is 0 Å². The van der Waals surface area contributed by atoms with Crippen LogP contribution in [-0.2, 0) is 11.2 Å². The molecule has 2 fully saturated rings. The maximum atomic E-state index is 12.3. The second-order valence-electron chi connectivity index (χ2n) is 7.61. The minimum Gasteiger partial charge on any atom is -0.508 e. The molecule has 0 aliphatic heterocycles. The molecule has 4 rings (SSSR count). The molecule has 0 heterocycles. The number of phenols is 1. The maximum absolute atomic E-state index is 12.3. The van der Waals surface area contributed by atoms with Crippen LogP contribution in [0.5, 0.6) is 5.75 Å². The van der Waals surface area contributed by atoms with Crippen molar-refractivity contribution in [1.82, 2.24) is 0 Å². The SMILES string of the molecule is Cc1c(O)ccc2c1CC[C@@H]1[C@@H]2CC[C@]2(C)C(=O)CC[C@@H]12. The highest BCUT2D eigenvalue weighted by Gasteiger charge is 2.54. The summed E-state index contributed by atoms with van der Waals surface area (Å²) in [5.41, 5.74) is 3.87. The van der Waals surface area contributed by atoms with E-state index in [1.165, 1.54) is 17.5 Å². The van der Waals surface area contributed by atoms with Gasteiger partial charge in [0.2, 0.25) is 0 Å². The average Bonchev–Trinajstić information content (AvgIpc) is 2.78. The Kier molecular flexibility index (Phi) is 2.76. The van der Waals surface area contributed by atoms with Crippen molar-refractivity contribution < 1.29 is 9.90 Å². The van der Waals surface area contributed by atoms with E-state index < -0.39 is 0 Å². The first-order valence-corrected chi connectivity index (χ1v) is 8.37. The zero-order chi connectivity index (χ0) is 14.8. The minimum absolute atomic E-state index is 0.0371. The second-order valence-corrected chi connectivity index (χ2v) is 7.61. The number of fused-ring (bicyclic) bond motifs is 5. The van der Waals surface area contributed by atoms with Gasteiger partial charge >= 0.3 is 0 Å². The summed E-state index contributed by atoms with van der Waals surface area (Å²) in [6.45, 7) is 4.27. The molecule has 0 unspecified atom stereocenters. The van der Waals surface area contributed by atoms with E-state index in [0.29, 0.717) is 29.3 Å². The van der Waals surface area contributed by atoms with Gasteiger partial charge in [0.05, 0.1) is 0 Å². The molecule has 3 aliphatic carbocycles. The van der Waals surface area contributed by atoms with Crippen molar-refractivity contribution in [2.45, 2.75) is 58.3 Å². The van der Waals surface area contributed by atoms with Crippen LogP contribution in [0.3, 0.4) is 0 Å². The van der Waals surface area contributed by atoms with Crippen molar-refractivity contribution in [3.05, 3.63) is 28.8 Å². The highest BCUT2D eigenvalue weighted by atomic mass is 16.3. The summed E-state index contributed by atoms with van der Waals surface area (Å²) in [6.07, 6.45) is 6.35. The molecule has 0 aromatic heterocycles. The molecule has 3 aliphatic rings. The lowest BCUT2D eigenvalue weighted by molar-refractivity contribution is -0.129. The van der Waals surface area contributed by atoms with Gasteiger partial charge in [-0.2, -0.15) is 0 Å². The molecule has 0 saturated heterocycles. The van der Waals surface area contributed by atoms with Gasteiger partial charge in [0.1, 0.15) is 11.5 Å². The Balaban J connectivity index is 1.75. The number of aromatic hydroxyl groups is 1. The lowest BCUT2D eigenvalue weighted by atomic mass is 9.55. The molecule has 1 N–H and O–H groups in total. The standard InChI is InChI=1S/C19H24O2/c1-11-12-3-4-15-14(13(12)5-7-17(11)20)9-10-19(2)16(15)6-8-18(19)21/h5,7,14-16,20H,3-4,6,8-10H2,1-2H3/t14-,15-,16+,19+/m1/s1. The van der Waals surface area contributed by atoms with Gasteiger partial charge in [-0.3, -0.25) is 4.79 Å². The molecule has 21 heavy (non-hydrogen) atoms. The molecular formula is C19H24O2. The fourth-order valence-electron chi connectivity index (χ4n) is 5.60. The number of phenolic OH excluding ortho intramolecular Hbond substituents is 1. The first kappa shape index (κ1) is 13.4. The molecule has 0 bridgehead atoms. The van der Waals surface area contributed by atoms with E-state index in [0.717, 1.165) is 37.7 Å². The highest BCUT2D eigenvalue weighted by molar-refractivity contribution is 5.87. The van der Waals surface area contributed by atoms with Crippen molar-refractivity contribution in [3.8, 4) is 5.75 Å². The predicted octanol–water partition coefficient (Wildman–Crippen LogP) is 4.13. The highest BCUT2D eigenvalue weighted by Crippen LogP contribution is 2.59. The molecule has 0 spiro atoms. The number of rotatable bonds is 0. The number of hydrogen-bond donors (Lipinski definition) is 1. The number of benzene rings is 1. The maximum Gasteiger partial charge on any atom is 0.139 e. The van der Waals surface area contributed by atoms with E-state index >= 15 is 0 Å². The molecule has 1 aromatic carbocycles. The molecule has 4 atom stereocenters. The number of hydrogen-bond acceptors (Lipinski definition) is 2. The van der Waals surface area contributed by atoms with Gasteiger partial charge in [0, 0.05) is 11.8 Å². The monoisotopic (exact) mass is 284 g/mol. The molecule has 112 valence electrons. The lowest BCUT2D eigenvalue weighted by Crippen LogP contribution is -2.42. The van der Waals surface area contributed by atoms with Gasteiger partial charge in [-0.1, -0.05) is 13.0 Å². The zero-order valence-corrected chi connectivity index (χ0v) is 13.0. The second kappa shape index (κ2) is 4.34. The van der Waals surface area contributed by atoms with E-state index in [4.69, 9.17) is 0 Å². The van der Waals surface area contributed by atoms with Crippen molar-refractivity contribution in [3.63, 3.8) is 0 Å². The number of carbonyl (C=O) groups excluding carboxylic acids is 1. The Hall–Kier alpha value is -1.31. The minimum atomic E-state index is -0.0371. The first-order valence-electron chi connectivity index (χ1n) is 8.37. The largest absolute Gasteiger partial charge is 0.508 e. The van der Waals surface area contributed by atoms with E-state index in [-0.39, 0.29) is 5.41 Å². The Labute approximate surface area is 126 Å². The lowest BCUT2D eigenvalue weighted by Gasteiger charge is -2.48. The van der Waals surface area contributed by atoms with Crippen molar-refractivity contribution >= 4 is 5.78 Å². The van der Waals surface area contributed by atoms with Crippen molar-refractivity contribution in [1.29, 1.82) is 0 Å². The van der Waals surface area contributed by atoms with Crippen LogP contribution in [0.4, 0.5) is 0 Å². The molecule has 1 aromatic rings. The van der Waals surface area contributed by atoms with E-state index in [9.17, 15) is 9.90 Å². The van der Waals surface area contributed by atoms with Crippen LogP contribution in [0.1, 0.15) is 61.6 Å². The molecule has 0 radical (unpaired) electrons. The quantitative estimate of drug-likeness (QED) is 0.778. The van der Waals surface area contributed by atoms with Crippen LogP contribution in [-0.4, -0.2) is 10.9 Å². The Bertz CT molecular complexity index is 618. The van der Waals surface area contributed by atoms with Crippen LogP contribution in [0.2, 0.25) is 0 Å². The van der Waals surface area contributed by atoms with Crippen LogP contribution in [0.15, 0.2) is 12.1 Å². The predicted molar refractivity (Wildman–Crippen MR) is 82.5 cm³/mol. The molecule has 0 amide bonds. The Morgan fingerprint density at radius 2 is 2.00 bits per heavy atom. The molecule has 2 saturated carbocycles. The summed E-state index contributed by atoms with van der Waals surface area (Å²) in [4.78, 5) is 12.3. The number of ketones is 1. The van der Waals surface area contributed by atoms with Gasteiger partial charge in [-0.25, -0.2) is 0 Å².